The molecule has 15 heavy (non-hydrogen) atoms. The van der Waals surface area contributed by atoms with Crippen LogP contribution in [0.25, 0.3) is 11.4 Å². The van der Waals surface area contributed by atoms with Gasteiger partial charge in [0.05, 0.1) is 0 Å². The summed E-state index contributed by atoms with van der Waals surface area (Å²) in [6.07, 6.45) is 0. The number of hydrogen-bond acceptors (Lipinski definition) is 3. The third kappa shape index (κ3) is 2.65. The highest BCUT2D eigenvalue weighted by Gasteiger charge is 2.05. The fourth-order valence-corrected chi connectivity index (χ4v) is 1.85. The molecule has 0 aliphatic heterocycles. The molecule has 0 N–H and O–H groups in total. The zero-order valence-corrected chi connectivity index (χ0v) is 10.4. The monoisotopic (exact) mass is 303 g/mol. The number of hydrogen-bond donors (Lipinski definition) is 0. The summed E-state index contributed by atoms with van der Waals surface area (Å²) < 4.78 is 0.938. The predicted octanol–water partition coefficient (Wildman–Crippen LogP) is 3.61. The van der Waals surface area contributed by atoms with Crippen molar-refractivity contribution in [1.82, 2.24) is 15.0 Å². The molecule has 2 rings (SSSR count). The number of benzene rings is 1. The second-order valence-corrected chi connectivity index (χ2v) is 4.30. The van der Waals surface area contributed by atoms with Gasteiger partial charge in [0.2, 0.25) is 10.6 Å². The van der Waals surface area contributed by atoms with Crippen molar-refractivity contribution >= 4 is 39.1 Å². The molecule has 0 radical (unpaired) electrons. The van der Waals surface area contributed by atoms with E-state index in [9.17, 15) is 0 Å². The van der Waals surface area contributed by atoms with Crippen molar-refractivity contribution in [2.45, 2.75) is 0 Å². The van der Waals surface area contributed by atoms with E-state index in [4.69, 9.17) is 23.2 Å². The van der Waals surface area contributed by atoms with Crippen LogP contribution in [-0.4, -0.2) is 15.0 Å². The molecule has 0 atom stereocenters. The van der Waals surface area contributed by atoms with Gasteiger partial charge in [-0.3, -0.25) is 0 Å². The maximum absolute atomic E-state index is 5.68. The molecule has 2 aromatic rings. The predicted molar refractivity (Wildman–Crippen MR) is 63.0 cm³/mol. The van der Waals surface area contributed by atoms with Gasteiger partial charge >= 0.3 is 0 Å². The molecule has 1 heterocycles. The lowest BCUT2D eigenvalue weighted by Gasteiger charge is -2.00. The lowest BCUT2D eigenvalue weighted by molar-refractivity contribution is 1.06. The molecule has 6 heteroatoms. The summed E-state index contributed by atoms with van der Waals surface area (Å²) in [7, 11) is 0. The normalized spacial score (nSPS) is 10.3. The smallest absolute Gasteiger partial charge is 0.198 e. The van der Waals surface area contributed by atoms with E-state index in [2.05, 4.69) is 30.9 Å². The molecule has 76 valence electrons. The van der Waals surface area contributed by atoms with Crippen LogP contribution < -0.4 is 0 Å². The molecule has 0 spiro atoms. The Morgan fingerprint density at radius 1 is 1.00 bits per heavy atom. The Morgan fingerprint density at radius 3 is 2.27 bits per heavy atom. The quantitative estimate of drug-likeness (QED) is 0.808. The summed E-state index contributed by atoms with van der Waals surface area (Å²) in [6.45, 7) is 0. The van der Waals surface area contributed by atoms with Crippen LogP contribution in [0.4, 0.5) is 0 Å². The van der Waals surface area contributed by atoms with Crippen molar-refractivity contribution in [2.24, 2.45) is 0 Å². The van der Waals surface area contributed by atoms with Crippen LogP contribution in [0.15, 0.2) is 28.7 Å². The number of nitrogens with zero attached hydrogens (tertiary/aromatic N) is 3. The highest BCUT2D eigenvalue weighted by Crippen LogP contribution is 2.21. The van der Waals surface area contributed by atoms with E-state index in [0.717, 1.165) is 10.0 Å². The van der Waals surface area contributed by atoms with Gasteiger partial charge in [-0.1, -0.05) is 28.1 Å². The molecule has 0 unspecified atom stereocenters. The van der Waals surface area contributed by atoms with Gasteiger partial charge in [0, 0.05) is 10.0 Å². The molecule has 1 aromatic heterocycles. The molecule has 1 aromatic carbocycles. The molecule has 3 nitrogen and oxygen atoms in total. The molecule has 0 aliphatic rings. The van der Waals surface area contributed by atoms with Gasteiger partial charge in [-0.25, -0.2) is 0 Å². The van der Waals surface area contributed by atoms with Gasteiger partial charge in [0.25, 0.3) is 0 Å². The van der Waals surface area contributed by atoms with Crippen molar-refractivity contribution in [3.05, 3.63) is 39.3 Å². The first-order chi connectivity index (χ1) is 7.15. The van der Waals surface area contributed by atoms with Crippen LogP contribution in [0.1, 0.15) is 0 Å². The average Bonchev–Trinajstić information content (AvgIpc) is 2.16. The van der Waals surface area contributed by atoms with E-state index in [-0.39, 0.29) is 10.6 Å². The first-order valence-corrected chi connectivity index (χ1v) is 5.53. The van der Waals surface area contributed by atoms with E-state index < -0.39 is 0 Å². The molecule has 0 saturated carbocycles. The van der Waals surface area contributed by atoms with Gasteiger partial charge in [-0.2, -0.15) is 15.0 Å². The van der Waals surface area contributed by atoms with Crippen LogP contribution in [0.3, 0.4) is 0 Å². The summed E-state index contributed by atoms with van der Waals surface area (Å²) in [5, 5.41) is 0.176. The molecule has 0 saturated heterocycles. The Labute approximate surface area is 105 Å². The highest BCUT2D eigenvalue weighted by molar-refractivity contribution is 9.10. The van der Waals surface area contributed by atoms with Gasteiger partial charge in [-0.15, -0.1) is 0 Å². The molecular weight excluding hydrogens is 301 g/mol. The lowest BCUT2D eigenvalue weighted by Crippen LogP contribution is -1.93. The Bertz CT molecular complexity index is 484. The van der Waals surface area contributed by atoms with Crippen molar-refractivity contribution < 1.29 is 0 Å². The highest BCUT2D eigenvalue weighted by atomic mass is 79.9. The standard InChI is InChI=1S/C9H4BrCl2N3/c10-6-3-1-2-5(4-6)7-13-8(11)15-9(12)14-7/h1-4H. The maximum Gasteiger partial charge on any atom is 0.227 e. The number of halogens is 3. The lowest BCUT2D eigenvalue weighted by atomic mass is 10.2. The second kappa shape index (κ2) is 4.43. The summed E-state index contributed by atoms with van der Waals surface area (Å²) in [5.41, 5.74) is 0.829. The molecule has 0 fully saturated rings. The summed E-state index contributed by atoms with van der Waals surface area (Å²) in [5.74, 6) is 0.460. The van der Waals surface area contributed by atoms with Crippen LogP contribution in [-0.2, 0) is 0 Å². The van der Waals surface area contributed by atoms with Gasteiger partial charge in [0.15, 0.2) is 5.82 Å². The van der Waals surface area contributed by atoms with Crippen LogP contribution in [0, 0.1) is 0 Å². The second-order valence-electron chi connectivity index (χ2n) is 2.71. The van der Waals surface area contributed by atoms with Crippen molar-refractivity contribution in [3.8, 4) is 11.4 Å². The SMILES string of the molecule is Clc1nc(Cl)nc(-c2cccc(Br)c2)n1. The minimum Gasteiger partial charge on any atom is -0.198 e. The Hall–Kier alpha value is -0.710. The molecular formula is C9H4BrCl2N3. The van der Waals surface area contributed by atoms with E-state index >= 15 is 0 Å². The Morgan fingerprint density at radius 2 is 1.67 bits per heavy atom. The topological polar surface area (TPSA) is 38.7 Å². The Balaban J connectivity index is 2.54. The van der Waals surface area contributed by atoms with Gasteiger partial charge in [0.1, 0.15) is 0 Å². The van der Waals surface area contributed by atoms with Crippen molar-refractivity contribution in [3.63, 3.8) is 0 Å². The minimum absolute atomic E-state index is 0.0879. The third-order valence-electron chi connectivity index (χ3n) is 1.66. The van der Waals surface area contributed by atoms with E-state index in [1.807, 2.05) is 24.3 Å². The van der Waals surface area contributed by atoms with Gasteiger partial charge in [-0.05, 0) is 35.3 Å². The van der Waals surface area contributed by atoms with Crippen molar-refractivity contribution in [2.75, 3.05) is 0 Å². The van der Waals surface area contributed by atoms with E-state index in [0.29, 0.717) is 5.82 Å². The largest absolute Gasteiger partial charge is 0.227 e. The van der Waals surface area contributed by atoms with Crippen LogP contribution in [0.2, 0.25) is 10.6 Å². The molecule has 0 amide bonds. The zero-order chi connectivity index (χ0) is 10.8. The van der Waals surface area contributed by atoms with Crippen molar-refractivity contribution in [1.29, 1.82) is 0 Å². The van der Waals surface area contributed by atoms with Gasteiger partial charge < -0.3 is 0 Å². The fraction of sp³-hybridized carbons (Fsp3) is 0. The summed E-state index contributed by atoms with van der Waals surface area (Å²) >= 11 is 14.7. The van der Waals surface area contributed by atoms with Crippen LogP contribution in [0.5, 0.6) is 0 Å². The summed E-state index contributed by atoms with van der Waals surface area (Å²) in [6, 6.07) is 7.54. The third-order valence-corrected chi connectivity index (χ3v) is 2.49. The number of aromatic nitrogens is 3. The summed E-state index contributed by atoms with van der Waals surface area (Å²) in [4.78, 5) is 11.6. The number of rotatable bonds is 1. The fourth-order valence-electron chi connectivity index (χ4n) is 1.08. The average molecular weight is 305 g/mol. The van der Waals surface area contributed by atoms with E-state index in [1.165, 1.54) is 0 Å². The first kappa shape index (κ1) is 10.8. The van der Waals surface area contributed by atoms with Crippen LogP contribution >= 0.6 is 39.1 Å². The van der Waals surface area contributed by atoms with E-state index in [1.54, 1.807) is 0 Å². The first-order valence-electron chi connectivity index (χ1n) is 3.98. The molecule has 0 bridgehead atoms. The molecule has 0 aliphatic carbocycles. The minimum atomic E-state index is 0.0879. The Kier molecular flexibility index (Phi) is 3.19. The maximum atomic E-state index is 5.68. The zero-order valence-electron chi connectivity index (χ0n) is 7.28.